The highest BCUT2D eigenvalue weighted by Crippen LogP contribution is 2.24. The number of carbonyl (C=O) groups is 1. The summed E-state index contributed by atoms with van der Waals surface area (Å²) >= 11 is 0. The molecule has 1 amide bonds. The summed E-state index contributed by atoms with van der Waals surface area (Å²) in [5.74, 6) is 0.401. The first-order valence-corrected chi connectivity index (χ1v) is 6.77. The summed E-state index contributed by atoms with van der Waals surface area (Å²) in [6, 6.07) is 14.5. The summed E-state index contributed by atoms with van der Waals surface area (Å²) < 4.78 is 5.20. The molecule has 2 rings (SSSR count). The van der Waals surface area contributed by atoms with Gasteiger partial charge in [0.05, 0.1) is 13.2 Å². The van der Waals surface area contributed by atoms with E-state index in [4.69, 9.17) is 4.74 Å². The number of carbonyl (C=O) groups excluding carboxylic acids is 1. The summed E-state index contributed by atoms with van der Waals surface area (Å²) in [5, 5.41) is 12.9. The van der Waals surface area contributed by atoms with Crippen molar-refractivity contribution >= 4 is 5.91 Å². The Morgan fingerprint density at radius 3 is 2.52 bits per heavy atom. The molecule has 110 valence electrons. The van der Waals surface area contributed by atoms with E-state index >= 15 is 0 Å². The molecule has 0 aromatic heterocycles. The average molecular weight is 285 g/mol. The Labute approximate surface area is 124 Å². The summed E-state index contributed by atoms with van der Waals surface area (Å²) in [7, 11) is 1.55. The zero-order chi connectivity index (χ0) is 15.2. The number of aliphatic hydroxyl groups is 1. The fraction of sp³-hybridized carbons (Fsp3) is 0.235. The standard InChI is InChI=1S/C17H19NO3/c1-12-7-9-13(10-8-12)17(20)18-11-15(19)14-5-3-4-6-16(14)21-2/h3-10,15,19H,11H2,1-2H3,(H,18,20)/t15-/m1/s1. The highest BCUT2D eigenvalue weighted by Gasteiger charge is 2.14. The Hall–Kier alpha value is -2.33. The van der Waals surface area contributed by atoms with E-state index in [1.165, 1.54) is 0 Å². The zero-order valence-corrected chi connectivity index (χ0v) is 12.2. The number of rotatable bonds is 5. The molecule has 4 heteroatoms. The number of hydrogen-bond donors (Lipinski definition) is 2. The molecule has 0 radical (unpaired) electrons. The van der Waals surface area contributed by atoms with Gasteiger partial charge in [-0.3, -0.25) is 4.79 Å². The van der Waals surface area contributed by atoms with E-state index in [9.17, 15) is 9.90 Å². The summed E-state index contributed by atoms with van der Waals surface area (Å²) in [6.45, 7) is 2.10. The summed E-state index contributed by atoms with van der Waals surface area (Å²) in [6.07, 6.45) is -0.810. The molecule has 2 aromatic rings. The van der Waals surface area contributed by atoms with Crippen LogP contribution in [-0.2, 0) is 0 Å². The Kier molecular flexibility index (Phi) is 4.95. The molecule has 21 heavy (non-hydrogen) atoms. The molecule has 0 spiro atoms. The van der Waals surface area contributed by atoms with E-state index < -0.39 is 6.10 Å². The first-order valence-electron chi connectivity index (χ1n) is 6.77. The van der Waals surface area contributed by atoms with E-state index in [0.29, 0.717) is 16.9 Å². The van der Waals surface area contributed by atoms with Crippen molar-refractivity contribution in [1.29, 1.82) is 0 Å². The van der Waals surface area contributed by atoms with Crippen LogP contribution in [0.3, 0.4) is 0 Å². The minimum Gasteiger partial charge on any atom is -0.496 e. The van der Waals surface area contributed by atoms with Gasteiger partial charge in [0.1, 0.15) is 5.75 Å². The fourth-order valence-corrected chi connectivity index (χ4v) is 2.05. The molecule has 0 heterocycles. The normalized spacial score (nSPS) is 11.8. The molecule has 0 saturated heterocycles. The fourth-order valence-electron chi connectivity index (χ4n) is 2.05. The highest BCUT2D eigenvalue weighted by molar-refractivity contribution is 5.94. The topological polar surface area (TPSA) is 58.6 Å². The van der Waals surface area contributed by atoms with Crippen LogP contribution in [0.25, 0.3) is 0 Å². The maximum absolute atomic E-state index is 12.0. The Bertz CT molecular complexity index is 608. The number of methoxy groups -OCH3 is 1. The Morgan fingerprint density at radius 2 is 1.86 bits per heavy atom. The van der Waals surface area contributed by atoms with Crippen molar-refractivity contribution in [3.63, 3.8) is 0 Å². The lowest BCUT2D eigenvalue weighted by atomic mass is 10.1. The number of amides is 1. The number of para-hydroxylation sites is 1. The van der Waals surface area contributed by atoms with Crippen LogP contribution in [0, 0.1) is 6.92 Å². The predicted molar refractivity (Wildman–Crippen MR) is 81.5 cm³/mol. The van der Waals surface area contributed by atoms with Gasteiger partial charge in [-0.05, 0) is 25.1 Å². The lowest BCUT2D eigenvalue weighted by molar-refractivity contribution is 0.0914. The van der Waals surface area contributed by atoms with Crippen molar-refractivity contribution in [1.82, 2.24) is 5.32 Å². The molecule has 0 aliphatic rings. The largest absolute Gasteiger partial charge is 0.496 e. The van der Waals surface area contributed by atoms with Crippen molar-refractivity contribution in [2.75, 3.05) is 13.7 Å². The van der Waals surface area contributed by atoms with Gasteiger partial charge in [-0.25, -0.2) is 0 Å². The third-order valence-electron chi connectivity index (χ3n) is 3.27. The molecule has 0 saturated carbocycles. The SMILES string of the molecule is COc1ccccc1[C@H](O)CNC(=O)c1ccc(C)cc1. The molecule has 2 aromatic carbocycles. The van der Waals surface area contributed by atoms with Gasteiger partial charge in [0.15, 0.2) is 0 Å². The Balaban J connectivity index is 1.99. The number of aliphatic hydroxyl groups excluding tert-OH is 1. The average Bonchev–Trinajstić information content (AvgIpc) is 2.52. The van der Waals surface area contributed by atoms with Crippen molar-refractivity contribution < 1.29 is 14.6 Å². The maximum atomic E-state index is 12.0. The third-order valence-corrected chi connectivity index (χ3v) is 3.27. The summed E-state index contributed by atoms with van der Waals surface area (Å²) in [5.41, 5.74) is 2.33. The van der Waals surface area contributed by atoms with Crippen molar-refractivity contribution in [3.8, 4) is 5.75 Å². The van der Waals surface area contributed by atoms with Crippen LogP contribution < -0.4 is 10.1 Å². The van der Waals surface area contributed by atoms with E-state index in [1.54, 1.807) is 31.4 Å². The van der Waals surface area contributed by atoms with Gasteiger partial charge >= 0.3 is 0 Å². The van der Waals surface area contributed by atoms with Gasteiger partial charge in [-0.2, -0.15) is 0 Å². The second-order valence-electron chi connectivity index (χ2n) is 4.83. The van der Waals surface area contributed by atoms with E-state index in [1.807, 2.05) is 31.2 Å². The van der Waals surface area contributed by atoms with Crippen molar-refractivity contribution in [2.45, 2.75) is 13.0 Å². The first kappa shape index (κ1) is 15.1. The highest BCUT2D eigenvalue weighted by atomic mass is 16.5. The second kappa shape index (κ2) is 6.90. The third kappa shape index (κ3) is 3.83. The number of aryl methyl sites for hydroxylation is 1. The van der Waals surface area contributed by atoms with Crippen molar-refractivity contribution in [2.24, 2.45) is 0 Å². The van der Waals surface area contributed by atoms with E-state index in [0.717, 1.165) is 5.56 Å². The molecular formula is C17H19NO3. The monoisotopic (exact) mass is 285 g/mol. The lowest BCUT2D eigenvalue weighted by Crippen LogP contribution is -2.28. The molecule has 0 aliphatic carbocycles. The van der Waals surface area contributed by atoms with Gasteiger partial charge in [0, 0.05) is 17.7 Å². The van der Waals surface area contributed by atoms with Crippen LogP contribution in [0.5, 0.6) is 5.75 Å². The van der Waals surface area contributed by atoms with E-state index in [-0.39, 0.29) is 12.5 Å². The molecule has 0 fully saturated rings. The summed E-state index contributed by atoms with van der Waals surface area (Å²) in [4.78, 5) is 12.0. The predicted octanol–water partition coefficient (Wildman–Crippen LogP) is 2.47. The zero-order valence-electron chi connectivity index (χ0n) is 12.2. The molecule has 4 nitrogen and oxygen atoms in total. The molecule has 1 atom stereocenters. The van der Waals surface area contributed by atoms with Crippen LogP contribution in [0.2, 0.25) is 0 Å². The van der Waals surface area contributed by atoms with Gasteiger partial charge in [-0.15, -0.1) is 0 Å². The smallest absolute Gasteiger partial charge is 0.251 e. The molecule has 0 unspecified atom stereocenters. The van der Waals surface area contributed by atoms with E-state index in [2.05, 4.69) is 5.32 Å². The Morgan fingerprint density at radius 1 is 1.19 bits per heavy atom. The molecule has 0 aliphatic heterocycles. The van der Waals surface area contributed by atoms with Crippen LogP contribution in [0.1, 0.15) is 27.6 Å². The molecule has 0 bridgehead atoms. The molecular weight excluding hydrogens is 266 g/mol. The second-order valence-corrected chi connectivity index (χ2v) is 4.83. The number of nitrogens with one attached hydrogen (secondary N) is 1. The quantitative estimate of drug-likeness (QED) is 0.887. The maximum Gasteiger partial charge on any atom is 0.251 e. The van der Waals surface area contributed by atoms with Crippen LogP contribution in [0.15, 0.2) is 48.5 Å². The van der Waals surface area contributed by atoms with Crippen LogP contribution in [0.4, 0.5) is 0 Å². The van der Waals surface area contributed by atoms with Crippen LogP contribution >= 0.6 is 0 Å². The number of ether oxygens (including phenoxy) is 1. The van der Waals surface area contributed by atoms with Crippen molar-refractivity contribution in [3.05, 3.63) is 65.2 Å². The number of hydrogen-bond acceptors (Lipinski definition) is 3. The van der Waals surface area contributed by atoms with Gasteiger partial charge < -0.3 is 15.2 Å². The van der Waals surface area contributed by atoms with Gasteiger partial charge in [-0.1, -0.05) is 35.9 Å². The van der Waals surface area contributed by atoms with Gasteiger partial charge in [0.25, 0.3) is 5.91 Å². The minimum atomic E-state index is -0.810. The first-order chi connectivity index (χ1) is 10.1. The van der Waals surface area contributed by atoms with Crippen LogP contribution in [-0.4, -0.2) is 24.7 Å². The lowest BCUT2D eigenvalue weighted by Gasteiger charge is -2.15. The van der Waals surface area contributed by atoms with Gasteiger partial charge in [0.2, 0.25) is 0 Å². The molecule has 2 N–H and O–H groups in total. The number of benzene rings is 2. The minimum absolute atomic E-state index is 0.132.